The van der Waals surface area contributed by atoms with Crippen LogP contribution in [0.5, 0.6) is 0 Å². The number of H-pyrrole nitrogens is 1. The van der Waals surface area contributed by atoms with E-state index in [1.165, 1.54) is 43.0 Å². The maximum Gasteiger partial charge on any atom is 0.152 e. The molecule has 0 bridgehead atoms. The number of nitrogens with zero attached hydrogens (tertiary/aromatic N) is 3. The van der Waals surface area contributed by atoms with Crippen molar-refractivity contribution < 1.29 is 19.2 Å². The molecule has 9 nitrogen and oxygen atoms in total. The third-order valence-electron chi connectivity index (χ3n) is 12.1. The first-order valence-corrected chi connectivity index (χ1v) is 21.6. The number of aromatic nitrogens is 1. The number of fused-ring (bicyclic) bond motifs is 6. The first kappa shape index (κ1) is 42.5. The summed E-state index contributed by atoms with van der Waals surface area (Å²) in [5.74, 6) is 0.976. The van der Waals surface area contributed by atoms with Gasteiger partial charge in [-0.3, -0.25) is 33.9 Å². The van der Waals surface area contributed by atoms with Crippen molar-refractivity contribution in [2.45, 2.75) is 90.0 Å². The van der Waals surface area contributed by atoms with E-state index < -0.39 is 0 Å². The molecule has 0 radical (unpaired) electrons. The summed E-state index contributed by atoms with van der Waals surface area (Å²) in [5.41, 5.74) is 8.57. The fourth-order valence-corrected chi connectivity index (χ4v) is 11.0. The summed E-state index contributed by atoms with van der Waals surface area (Å²) in [6, 6.07) is 20.9. The molecule has 3 atom stereocenters. The quantitative estimate of drug-likeness (QED) is 0.193. The number of carbonyl (C=O) groups excluding carboxylic acids is 4. The second-order valence-electron chi connectivity index (χ2n) is 16.0. The number of hydrogen-bond acceptors (Lipinski definition) is 10. The Balaban J connectivity index is 0.000000129. The molecule has 0 amide bonds. The van der Waals surface area contributed by atoms with Gasteiger partial charge >= 0.3 is 0 Å². The first-order valence-electron chi connectivity index (χ1n) is 19.8. The van der Waals surface area contributed by atoms with E-state index in [0.717, 1.165) is 62.9 Å². The Morgan fingerprint density at radius 3 is 1.93 bits per heavy atom. The number of Topliss-reactive ketones (excluding diaryl/α,β-unsaturated/α-hetero) is 4. The number of benzene rings is 2. The average Bonchev–Trinajstić information content (AvgIpc) is 3.99. The van der Waals surface area contributed by atoms with Gasteiger partial charge in [-0.05, 0) is 138 Å². The lowest BCUT2D eigenvalue weighted by molar-refractivity contribution is -0.123. The van der Waals surface area contributed by atoms with Gasteiger partial charge in [0.15, 0.2) is 11.6 Å². The summed E-state index contributed by atoms with van der Waals surface area (Å²) in [7, 11) is 7.93. The van der Waals surface area contributed by atoms with Crippen molar-refractivity contribution in [1.29, 1.82) is 0 Å². The van der Waals surface area contributed by atoms with Gasteiger partial charge in [0.1, 0.15) is 23.7 Å². The van der Waals surface area contributed by atoms with Crippen LogP contribution in [0.15, 0.2) is 71.4 Å². The highest BCUT2D eigenvalue weighted by molar-refractivity contribution is 7.10. The smallest absolute Gasteiger partial charge is 0.152 e. The predicted molar refractivity (Wildman–Crippen MR) is 232 cm³/mol. The van der Waals surface area contributed by atoms with Crippen molar-refractivity contribution >= 4 is 56.7 Å². The Kier molecular flexibility index (Phi) is 13.6. The number of nitrogens with one attached hydrogen (secondary N) is 2. The SMILES string of the molecule is CC(=O)C1Cc2sccc2CN1C.CC(=O)C1c2[nH]c3ccccc3c2CCN1C.CC(=O)C1c2sccc2CCN1C.CNC1(C(C)=O)Cc2ccccc2C1. The van der Waals surface area contributed by atoms with Crippen LogP contribution in [0, 0.1) is 0 Å². The molecule has 2 aromatic carbocycles. The van der Waals surface area contributed by atoms with Gasteiger partial charge in [-0.25, -0.2) is 0 Å². The topological polar surface area (TPSA) is 106 Å². The van der Waals surface area contributed by atoms with Crippen molar-refractivity contribution in [3.05, 3.63) is 115 Å². The highest BCUT2D eigenvalue weighted by Gasteiger charge is 2.39. The van der Waals surface area contributed by atoms with Crippen molar-refractivity contribution in [3.8, 4) is 0 Å². The van der Waals surface area contributed by atoms with Crippen LogP contribution in [0.4, 0.5) is 0 Å². The molecule has 11 heteroatoms. The van der Waals surface area contributed by atoms with E-state index in [1.54, 1.807) is 50.4 Å². The zero-order valence-corrected chi connectivity index (χ0v) is 36.2. The maximum atomic E-state index is 11.8. The first-order chi connectivity index (χ1) is 27.2. The van der Waals surface area contributed by atoms with Crippen molar-refractivity contribution in [2.24, 2.45) is 0 Å². The number of thiophene rings is 2. The lowest BCUT2D eigenvalue weighted by atomic mass is 9.91. The van der Waals surface area contributed by atoms with Crippen LogP contribution < -0.4 is 5.32 Å². The number of likely N-dealkylation sites (N-methyl/N-ethyl adjacent to an activating group) is 4. The molecule has 4 aliphatic rings. The molecule has 2 N–H and O–H groups in total. The van der Waals surface area contributed by atoms with E-state index in [4.69, 9.17) is 0 Å². The molecule has 0 saturated carbocycles. The second kappa shape index (κ2) is 18.2. The van der Waals surface area contributed by atoms with E-state index >= 15 is 0 Å². The second-order valence-corrected chi connectivity index (χ2v) is 17.9. The number of ketones is 4. The van der Waals surface area contributed by atoms with Gasteiger partial charge in [0.05, 0.1) is 11.6 Å². The fraction of sp³-hybridized carbons (Fsp3) is 0.435. The van der Waals surface area contributed by atoms with Crippen LogP contribution in [0.1, 0.15) is 83.0 Å². The summed E-state index contributed by atoms with van der Waals surface area (Å²) < 4.78 is 0. The summed E-state index contributed by atoms with van der Waals surface area (Å²) in [6.45, 7) is 9.55. The number of rotatable bonds is 5. The van der Waals surface area contributed by atoms with Gasteiger partial charge in [-0.15, -0.1) is 22.7 Å². The van der Waals surface area contributed by atoms with E-state index in [0.29, 0.717) is 0 Å². The van der Waals surface area contributed by atoms with Crippen molar-refractivity contribution in [3.63, 3.8) is 0 Å². The van der Waals surface area contributed by atoms with Crippen LogP contribution in [0.2, 0.25) is 0 Å². The molecule has 3 aromatic heterocycles. The van der Waals surface area contributed by atoms with Gasteiger partial charge in [0, 0.05) is 52.4 Å². The standard InChI is InChI=1S/C14H16N2O.C12H15NO.2C10H13NOS/c1-9(17)14-13-11(7-8-16(14)2)10-5-3-4-6-12(10)15-13;1-9(14)12(13-2)7-10-5-3-4-6-11(10)8-12;1-7(12)9-10-8(4-6-13-10)3-5-11(9)2;1-7(12)9-5-10-8(3-4-13-10)6-11(9)2/h3-6,14-15H,7-8H2,1-2H3;3-6,13H,7-8H2,1-2H3;4,6,9H,3,5H2,1-2H3;3-4,9H,5-6H2,1-2H3. The van der Waals surface area contributed by atoms with Crippen molar-refractivity contribution in [2.75, 3.05) is 41.3 Å². The molecule has 57 heavy (non-hydrogen) atoms. The lowest BCUT2D eigenvalue weighted by Gasteiger charge is -2.30. The number of para-hydroxylation sites is 1. The molecule has 0 saturated heterocycles. The molecule has 3 unspecified atom stereocenters. The number of aromatic amines is 1. The van der Waals surface area contributed by atoms with Crippen LogP contribution in [0.3, 0.4) is 0 Å². The molecule has 9 rings (SSSR count). The normalized spacial score (nSPS) is 20.9. The molecule has 0 fully saturated rings. The van der Waals surface area contributed by atoms with Gasteiger partial charge in [0.2, 0.25) is 0 Å². The third-order valence-corrected chi connectivity index (χ3v) is 14.1. The minimum absolute atomic E-state index is 0.0174. The zero-order valence-electron chi connectivity index (χ0n) is 34.6. The molecule has 1 aliphatic carbocycles. The Morgan fingerprint density at radius 1 is 0.702 bits per heavy atom. The van der Waals surface area contributed by atoms with E-state index in [-0.39, 0.29) is 46.8 Å². The molecule has 0 spiro atoms. The molecular weight excluding hydrogens is 751 g/mol. The van der Waals surface area contributed by atoms with Gasteiger partial charge in [-0.1, -0.05) is 42.5 Å². The van der Waals surface area contributed by atoms with E-state index in [1.807, 2.05) is 46.4 Å². The molecule has 3 aliphatic heterocycles. The molecule has 302 valence electrons. The molecule has 6 heterocycles. The van der Waals surface area contributed by atoms with E-state index in [9.17, 15) is 19.2 Å². The summed E-state index contributed by atoms with van der Waals surface area (Å²) in [4.78, 5) is 58.6. The summed E-state index contributed by atoms with van der Waals surface area (Å²) in [6.07, 6.45) is 4.65. The predicted octanol–water partition coefficient (Wildman–Crippen LogP) is 7.18. The highest BCUT2D eigenvalue weighted by Crippen LogP contribution is 2.35. The van der Waals surface area contributed by atoms with Crippen LogP contribution in [0.25, 0.3) is 10.9 Å². The van der Waals surface area contributed by atoms with Crippen LogP contribution in [-0.2, 0) is 57.8 Å². The number of carbonyl (C=O) groups is 4. The third kappa shape index (κ3) is 9.14. The minimum atomic E-state index is -0.344. The zero-order chi connectivity index (χ0) is 41.0. The summed E-state index contributed by atoms with van der Waals surface area (Å²) in [5, 5.41) is 8.64. The average molecular weight is 808 g/mol. The highest BCUT2D eigenvalue weighted by atomic mass is 32.1. The van der Waals surface area contributed by atoms with Crippen LogP contribution in [-0.4, -0.2) is 95.7 Å². The van der Waals surface area contributed by atoms with E-state index in [2.05, 4.69) is 78.2 Å². The Bertz CT molecular complexity index is 2210. The van der Waals surface area contributed by atoms with Crippen molar-refractivity contribution in [1.82, 2.24) is 25.0 Å². The Morgan fingerprint density at radius 2 is 1.30 bits per heavy atom. The molecule has 5 aromatic rings. The van der Waals surface area contributed by atoms with Gasteiger partial charge < -0.3 is 10.3 Å². The van der Waals surface area contributed by atoms with Crippen LogP contribution >= 0.6 is 22.7 Å². The maximum absolute atomic E-state index is 11.8. The van der Waals surface area contributed by atoms with Gasteiger partial charge in [-0.2, -0.15) is 0 Å². The summed E-state index contributed by atoms with van der Waals surface area (Å²) >= 11 is 3.47. The fourth-order valence-electron chi connectivity index (χ4n) is 8.86. The van der Waals surface area contributed by atoms with Gasteiger partial charge in [0.25, 0.3) is 0 Å². The number of hydrogen-bond donors (Lipinski definition) is 2. The Labute approximate surface area is 345 Å². The lowest BCUT2D eigenvalue weighted by Crippen LogP contribution is -2.50. The Hall–Kier alpha value is -4.10. The largest absolute Gasteiger partial charge is 0.356 e. The molecular formula is C46H57N5O4S2. The minimum Gasteiger partial charge on any atom is -0.356 e. The monoisotopic (exact) mass is 807 g/mol.